The van der Waals surface area contributed by atoms with E-state index >= 15 is 0 Å². The van der Waals surface area contributed by atoms with Crippen LogP contribution in [0.5, 0.6) is 5.75 Å². The van der Waals surface area contributed by atoms with Crippen LogP contribution >= 0.6 is 0 Å². The lowest BCUT2D eigenvalue weighted by atomic mass is 9.75. The largest absolute Gasteiger partial charge is 0.490 e. The fourth-order valence-corrected chi connectivity index (χ4v) is 5.04. The number of fused-ring (bicyclic) bond motifs is 5. The Kier molecular flexibility index (Phi) is 4.35. The first-order valence-corrected chi connectivity index (χ1v) is 9.93. The third kappa shape index (κ3) is 2.99. The summed E-state index contributed by atoms with van der Waals surface area (Å²) in [5.74, 6) is 0.255. The monoisotopic (exact) mass is 417 g/mol. The van der Waals surface area contributed by atoms with Gasteiger partial charge in [-0.3, -0.25) is 20.2 Å². The predicted molar refractivity (Wildman–Crippen MR) is 115 cm³/mol. The topological polar surface area (TPSA) is 108 Å². The lowest BCUT2D eigenvalue weighted by molar-refractivity contribution is -0.385. The zero-order valence-electron chi connectivity index (χ0n) is 16.6. The minimum absolute atomic E-state index is 0.0292. The normalized spacial score (nSPS) is 20.7. The van der Waals surface area contributed by atoms with Crippen molar-refractivity contribution in [3.8, 4) is 5.75 Å². The lowest BCUT2D eigenvalue weighted by Crippen LogP contribution is -2.30. The van der Waals surface area contributed by atoms with Crippen LogP contribution in [0.3, 0.4) is 0 Å². The molecular weight excluding hydrogens is 398 g/mol. The van der Waals surface area contributed by atoms with Gasteiger partial charge in [0.15, 0.2) is 5.75 Å². The van der Waals surface area contributed by atoms with E-state index in [-0.39, 0.29) is 39.9 Å². The fraction of sp³-hybridized carbons (Fsp3) is 0.217. The molecule has 0 amide bonds. The number of rotatable bonds is 4. The summed E-state index contributed by atoms with van der Waals surface area (Å²) in [6, 6.07) is 17.8. The van der Waals surface area contributed by atoms with Crippen molar-refractivity contribution >= 4 is 17.1 Å². The van der Waals surface area contributed by atoms with Crippen LogP contribution in [0.2, 0.25) is 0 Å². The number of methoxy groups -OCH3 is 1. The number of nitrogens with one attached hydrogen (secondary N) is 1. The summed E-state index contributed by atoms with van der Waals surface area (Å²) in [6.07, 6.45) is 0.778. The highest BCUT2D eigenvalue weighted by Gasteiger charge is 2.44. The Balaban J connectivity index is 1.66. The molecule has 8 heteroatoms. The van der Waals surface area contributed by atoms with Crippen molar-refractivity contribution in [2.75, 3.05) is 12.4 Å². The van der Waals surface area contributed by atoms with Crippen LogP contribution in [0.15, 0.2) is 60.7 Å². The van der Waals surface area contributed by atoms with Crippen molar-refractivity contribution in [1.29, 1.82) is 0 Å². The summed E-state index contributed by atoms with van der Waals surface area (Å²) >= 11 is 0. The summed E-state index contributed by atoms with van der Waals surface area (Å²) in [7, 11) is 1.41. The van der Waals surface area contributed by atoms with Crippen molar-refractivity contribution < 1.29 is 14.6 Å². The number of hydrogen-bond donors (Lipinski definition) is 1. The number of hydrogen-bond acceptors (Lipinski definition) is 6. The van der Waals surface area contributed by atoms with E-state index in [9.17, 15) is 20.2 Å². The maximum Gasteiger partial charge on any atom is 0.311 e. The lowest BCUT2D eigenvalue weighted by Gasteiger charge is -2.37. The van der Waals surface area contributed by atoms with Gasteiger partial charge in [-0.05, 0) is 46.7 Å². The molecule has 0 saturated heterocycles. The molecule has 5 rings (SSSR count). The predicted octanol–water partition coefficient (Wildman–Crippen LogP) is 4.98. The third-order valence-corrected chi connectivity index (χ3v) is 6.35. The number of nitrogens with zero attached hydrogens (tertiary/aromatic N) is 2. The fourth-order valence-electron chi connectivity index (χ4n) is 5.04. The van der Waals surface area contributed by atoms with Crippen molar-refractivity contribution in [1.82, 2.24) is 0 Å². The molecule has 8 nitrogen and oxygen atoms in total. The quantitative estimate of drug-likeness (QED) is 0.474. The van der Waals surface area contributed by atoms with Gasteiger partial charge in [-0.25, -0.2) is 0 Å². The van der Waals surface area contributed by atoms with E-state index < -0.39 is 4.92 Å². The van der Waals surface area contributed by atoms with Crippen LogP contribution in [0.1, 0.15) is 34.2 Å². The van der Waals surface area contributed by atoms with Gasteiger partial charge >= 0.3 is 5.69 Å². The van der Waals surface area contributed by atoms with Gasteiger partial charge in [0.25, 0.3) is 5.69 Å². The van der Waals surface area contributed by atoms with Gasteiger partial charge in [-0.2, -0.15) is 0 Å². The van der Waals surface area contributed by atoms with E-state index in [0.29, 0.717) is 0 Å². The molecule has 3 aromatic carbocycles. The van der Waals surface area contributed by atoms with Gasteiger partial charge in [0.1, 0.15) is 0 Å². The number of nitro groups is 2. The van der Waals surface area contributed by atoms with Gasteiger partial charge in [0.05, 0.1) is 23.0 Å². The second kappa shape index (κ2) is 7.09. The zero-order valence-corrected chi connectivity index (χ0v) is 16.6. The SMILES string of the molecule is COc1ccc([C@@H]2Nc3ccc([N+](=O)[O-])cc3[C@@H]3c4ccccc4C[C@H]32)cc1[N+](=O)[O-]. The van der Waals surface area contributed by atoms with Crippen molar-refractivity contribution in [3.05, 3.63) is 103 Å². The van der Waals surface area contributed by atoms with Gasteiger partial charge < -0.3 is 10.1 Å². The summed E-state index contributed by atoms with van der Waals surface area (Å²) in [5.41, 5.74) is 4.83. The van der Waals surface area contributed by atoms with Gasteiger partial charge in [-0.1, -0.05) is 30.3 Å². The number of ether oxygens (including phenoxy) is 1. The maximum atomic E-state index is 11.6. The molecule has 31 heavy (non-hydrogen) atoms. The molecule has 2 aliphatic rings. The van der Waals surface area contributed by atoms with Gasteiger partial charge in [0.2, 0.25) is 0 Å². The summed E-state index contributed by atoms with van der Waals surface area (Å²) in [5, 5.41) is 26.4. The molecule has 0 radical (unpaired) electrons. The maximum absolute atomic E-state index is 11.6. The third-order valence-electron chi connectivity index (χ3n) is 6.35. The van der Waals surface area contributed by atoms with Crippen LogP contribution in [0.25, 0.3) is 0 Å². The van der Waals surface area contributed by atoms with Gasteiger partial charge in [-0.15, -0.1) is 0 Å². The molecule has 0 aromatic heterocycles. The number of non-ortho nitro benzene ring substituents is 1. The van der Waals surface area contributed by atoms with E-state index in [0.717, 1.165) is 28.8 Å². The Morgan fingerprint density at radius 1 is 0.968 bits per heavy atom. The highest BCUT2D eigenvalue weighted by molar-refractivity contribution is 5.66. The van der Waals surface area contributed by atoms with Crippen LogP contribution < -0.4 is 10.1 Å². The van der Waals surface area contributed by atoms with Crippen molar-refractivity contribution in [3.63, 3.8) is 0 Å². The summed E-state index contributed by atoms with van der Waals surface area (Å²) in [6.45, 7) is 0. The average molecular weight is 417 g/mol. The van der Waals surface area contributed by atoms with Crippen molar-refractivity contribution in [2.24, 2.45) is 5.92 Å². The van der Waals surface area contributed by atoms with Crippen molar-refractivity contribution in [2.45, 2.75) is 18.4 Å². The van der Waals surface area contributed by atoms with Crippen LogP contribution in [0.4, 0.5) is 17.1 Å². The molecule has 1 N–H and O–H groups in total. The Bertz CT molecular complexity index is 1230. The number of anilines is 1. The smallest absolute Gasteiger partial charge is 0.311 e. The van der Waals surface area contributed by atoms with Gasteiger partial charge in [0, 0.05) is 29.8 Å². The Labute approximate surface area is 177 Å². The number of benzene rings is 3. The number of nitro benzene ring substituents is 2. The molecule has 1 heterocycles. The van der Waals surface area contributed by atoms with E-state index in [1.807, 2.05) is 18.2 Å². The molecule has 1 aliphatic carbocycles. The summed E-state index contributed by atoms with van der Waals surface area (Å²) < 4.78 is 5.15. The van der Waals surface area contributed by atoms with Crippen LogP contribution in [-0.4, -0.2) is 17.0 Å². The van der Waals surface area contributed by atoms with E-state index in [2.05, 4.69) is 17.4 Å². The van der Waals surface area contributed by atoms with Crippen LogP contribution in [-0.2, 0) is 6.42 Å². The molecule has 3 atom stereocenters. The Morgan fingerprint density at radius 2 is 1.77 bits per heavy atom. The molecule has 0 saturated carbocycles. The first kappa shape index (κ1) is 19.0. The first-order valence-electron chi connectivity index (χ1n) is 9.93. The molecule has 3 aromatic rings. The first-order chi connectivity index (χ1) is 15.0. The molecule has 156 valence electrons. The van der Waals surface area contributed by atoms with E-state index in [4.69, 9.17) is 4.74 Å². The molecule has 1 aliphatic heterocycles. The molecule has 0 fully saturated rings. The average Bonchev–Trinajstić information content (AvgIpc) is 3.17. The minimum Gasteiger partial charge on any atom is -0.490 e. The molecule has 0 spiro atoms. The Morgan fingerprint density at radius 3 is 2.52 bits per heavy atom. The molecule has 0 unspecified atom stereocenters. The standard InChI is InChI=1S/C23H19N3O5/c1-31-21-9-6-14(11-20(21)26(29)30)23-18-10-13-4-2-3-5-16(13)22(18)17-12-15(25(27)28)7-8-19(17)24-23/h2-9,11-12,18,22-24H,10H2,1H3/t18-,22+,23+/m1/s1. The van der Waals surface area contributed by atoms with Crippen LogP contribution in [0, 0.1) is 26.1 Å². The Hall–Kier alpha value is -3.94. The van der Waals surface area contributed by atoms with E-state index in [1.165, 1.54) is 18.7 Å². The molecular formula is C23H19N3O5. The highest BCUT2D eigenvalue weighted by Crippen LogP contribution is 2.54. The summed E-state index contributed by atoms with van der Waals surface area (Å²) in [4.78, 5) is 22.1. The molecule has 0 bridgehead atoms. The second-order valence-corrected chi connectivity index (χ2v) is 7.88. The highest BCUT2D eigenvalue weighted by atomic mass is 16.6. The van der Waals surface area contributed by atoms with E-state index in [1.54, 1.807) is 24.3 Å². The zero-order chi connectivity index (χ0) is 21.7. The second-order valence-electron chi connectivity index (χ2n) is 7.88. The minimum atomic E-state index is -0.441.